The Morgan fingerprint density at radius 3 is 2.27 bits per heavy atom. The van der Waals surface area contributed by atoms with Crippen molar-refractivity contribution in [2.24, 2.45) is 0 Å². The molecule has 0 spiro atoms. The Morgan fingerprint density at radius 1 is 0.900 bits per heavy atom. The van der Waals surface area contributed by atoms with E-state index in [9.17, 15) is 0 Å². The van der Waals surface area contributed by atoms with Gasteiger partial charge in [-0.05, 0) is 61.8 Å². The van der Waals surface area contributed by atoms with Crippen LogP contribution in [-0.2, 0) is 0 Å². The van der Waals surface area contributed by atoms with Crippen LogP contribution < -0.4 is 4.74 Å². The van der Waals surface area contributed by atoms with Crippen LogP contribution in [0.1, 0.15) is 51.0 Å². The summed E-state index contributed by atoms with van der Waals surface area (Å²) in [7, 11) is 0. The fourth-order valence-corrected chi connectivity index (χ4v) is 3.20. The number of rotatable bonds is 12. The number of para-hydroxylation sites is 2. The highest BCUT2D eigenvalue weighted by Gasteiger charge is 2.04. The van der Waals surface area contributed by atoms with Crippen LogP contribution >= 0.6 is 12.4 Å². The van der Waals surface area contributed by atoms with Crippen LogP contribution in [0.3, 0.4) is 0 Å². The molecule has 0 aliphatic heterocycles. The lowest BCUT2D eigenvalue weighted by Crippen LogP contribution is -2.30. The standard InChI is InChI=1S/C25H32N2O2.ClH/c1-3-5-17-27(18-6-4-2)19-20-28-22-14-11-21(12-15-22)13-16-25-26-23-9-7-8-10-24(23)29-25;/h7-16H,3-6,17-20H2,1-2H3;1H/b16-13+;. The molecule has 4 nitrogen and oxygen atoms in total. The second-order valence-electron chi connectivity index (χ2n) is 7.32. The van der Waals surface area contributed by atoms with Crippen molar-refractivity contribution in [1.82, 2.24) is 9.88 Å². The van der Waals surface area contributed by atoms with Gasteiger partial charge >= 0.3 is 0 Å². The number of hydrogen-bond acceptors (Lipinski definition) is 4. The van der Waals surface area contributed by atoms with E-state index in [0.717, 1.165) is 35.6 Å². The summed E-state index contributed by atoms with van der Waals surface area (Å²) in [4.78, 5) is 6.98. The van der Waals surface area contributed by atoms with E-state index < -0.39 is 0 Å². The van der Waals surface area contributed by atoms with Crippen molar-refractivity contribution in [2.45, 2.75) is 39.5 Å². The Labute approximate surface area is 186 Å². The molecule has 0 saturated carbocycles. The highest BCUT2D eigenvalue weighted by atomic mass is 35.5. The van der Waals surface area contributed by atoms with E-state index in [0.29, 0.717) is 5.89 Å². The Kier molecular flexibility index (Phi) is 10.5. The number of fused-ring (bicyclic) bond motifs is 1. The number of aromatic nitrogens is 1. The maximum atomic E-state index is 5.96. The van der Waals surface area contributed by atoms with E-state index in [4.69, 9.17) is 9.15 Å². The molecule has 0 N–H and O–H groups in total. The minimum Gasteiger partial charge on any atom is -0.492 e. The predicted molar refractivity (Wildman–Crippen MR) is 128 cm³/mol. The SMILES string of the molecule is CCCCN(CCCC)CCOc1ccc(/C=C/c2nc3ccccc3o2)cc1.Cl. The third kappa shape index (κ3) is 7.51. The summed E-state index contributed by atoms with van der Waals surface area (Å²) in [6.07, 6.45) is 8.89. The van der Waals surface area contributed by atoms with E-state index in [1.807, 2.05) is 48.6 Å². The predicted octanol–water partition coefficient (Wildman–Crippen LogP) is 6.70. The van der Waals surface area contributed by atoms with Crippen LogP contribution in [0.2, 0.25) is 0 Å². The highest BCUT2D eigenvalue weighted by Crippen LogP contribution is 2.18. The van der Waals surface area contributed by atoms with Crippen molar-refractivity contribution < 1.29 is 9.15 Å². The van der Waals surface area contributed by atoms with Crippen molar-refractivity contribution >= 4 is 35.7 Å². The fourth-order valence-electron chi connectivity index (χ4n) is 3.20. The minimum atomic E-state index is 0. The van der Waals surface area contributed by atoms with Gasteiger partial charge in [0.05, 0.1) is 0 Å². The molecule has 0 amide bonds. The molecule has 3 rings (SSSR count). The number of nitrogens with zero attached hydrogens (tertiary/aromatic N) is 2. The monoisotopic (exact) mass is 428 g/mol. The van der Waals surface area contributed by atoms with Crippen LogP contribution in [0.15, 0.2) is 52.9 Å². The van der Waals surface area contributed by atoms with Crippen molar-refractivity contribution in [2.75, 3.05) is 26.2 Å². The Hall–Kier alpha value is -2.30. The van der Waals surface area contributed by atoms with Crippen LogP contribution in [0, 0.1) is 0 Å². The van der Waals surface area contributed by atoms with E-state index >= 15 is 0 Å². The molecule has 1 aromatic heterocycles. The van der Waals surface area contributed by atoms with E-state index in [1.54, 1.807) is 0 Å². The lowest BCUT2D eigenvalue weighted by atomic mass is 10.2. The fraction of sp³-hybridized carbons (Fsp3) is 0.400. The van der Waals surface area contributed by atoms with E-state index in [-0.39, 0.29) is 12.4 Å². The van der Waals surface area contributed by atoms with Gasteiger partial charge < -0.3 is 9.15 Å². The van der Waals surface area contributed by atoms with Gasteiger partial charge in [-0.25, -0.2) is 4.98 Å². The molecule has 2 aromatic carbocycles. The van der Waals surface area contributed by atoms with Crippen LogP contribution in [0.25, 0.3) is 23.3 Å². The van der Waals surface area contributed by atoms with Gasteiger partial charge in [-0.2, -0.15) is 0 Å². The first-order chi connectivity index (χ1) is 14.3. The van der Waals surface area contributed by atoms with E-state index in [2.05, 4.69) is 35.9 Å². The van der Waals surface area contributed by atoms with Crippen LogP contribution in [0.4, 0.5) is 0 Å². The number of benzene rings is 2. The summed E-state index contributed by atoms with van der Waals surface area (Å²) >= 11 is 0. The van der Waals surface area contributed by atoms with Gasteiger partial charge in [0, 0.05) is 12.6 Å². The van der Waals surface area contributed by atoms with Gasteiger partial charge in [-0.15, -0.1) is 12.4 Å². The molecular weight excluding hydrogens is 396 g/mol. The molecule has 0 aliphatic rings. The zero-order valence-corrected chi connectivity index (χ0v) is 18.9. The van der Waals surface area contributed by atoms with E-state index in [1.165, 1.54) is 38.8 Å². The zero-order chi connectivity index (χ0) is 20.3. The number of unbranched alkanes of at least 4 members (excludes halogenated alkanes) is 2. The summed E-state index contributed by atoms with van der Waals surface area (Å²) in [5.41, 5.74) is 2.78. The molecule has 3 aromatic rings. The Morgan fingerprint density at radius 2 is 1.60 bits per heavy atom. The number of oxazole rings is 1. The van der Waals surface area contributed by atoms with Gasteiger partial charge in [-0.3, -0.25) is 4.90 Å². The first-order valence-electron chi connectivity index (χ1n) is 10.8. The molecule has 0 unspecified atom stereocenters. The van der Waals surface area contributed by atoms with Gasteiger partial charge in [0.1, 0.15) is 17.9 Å². The molecule has 0 bridgehead atoms. The minimum absolute atomic E-state index is 0. The quantitative estimate of drug-likeness (QED) is 0.321. The number of ether oxygens (including phenoxy) is 1. The van der Waals surface area contributed by atoms with Crippen molar-refractivity contribution in [3.05, 3.63) is 60.0 Å². The van der Waals surface area contributed by atoms with Crippen LogP contribution in [0.5, 0.6) is 5.75 Å². The lowest BCUT2D eigenvalue weighted by Gasteiger charge is -2.22. The Balaban J connectivity index is 0.00000320. The van der Waals surface area contributed by atoms with Gasteiger partial charge in [0.2, 0.25) is 5.89 Å². The topological polar surface area (TPSA) is 38.5 Å². The first kappa shape index (κ1) is 24.0. The smallest absolute Gasteiger partial charge is 0.220 e. The average molecular weight is 429 g/mol. The molecule has 30 heavy (non-hydrogen) atoms. The third-order valence-electron chi connectivity index (χ3n) is 4.94. The first-order valence-corrected chi connectivity index (χ1v) is 10.8. The molecule has 1 heterocycles. The van der Waals surface area contributed by atoms with Gasteiger partial charge in [0.15, 0.2) is 5.58 Å². The number of hydrogen-bond donors (Lipinski definition) is 0. The second kappa shape index (κ2) is 13.1. The zero-order valence-electron chi connectivity index (χ0n) is 18.0. The number of halogens is 1. The van der Waals surface area contributed by atoms with Crippen LogP contribution in [-0.4, -0.2) is 36.1 Å². The van der Waals surface area contributed by atoms with Crippen molar-refractivity contribution in [3.8, 4) is 5.75 Å². The molecule has 5 heteroatoms. The third-order valence-corrected chi connectivity index (χ3v) is 4.94. The largest absolute Gasteiger partial charge is 0.492 e. The lowest BCUT2D eigenvalue weighted by molar-refractivity contribution is 0.204. The summed E-state index contributed by atoms with van der Waals surface area (Å²) in [5, 5.41) is 0. The van der Waals surface area contributed by atoms with Crippen molar-refractivity contribution in [1.29, 1.82) is 0 Å². The highest BCUT2D eigenvalue weighted by molar-refractivity contribution is 5.85. The molecule has 0 aliphatic carbocycles. The average Bonchev–Trinajstić information content (AvgIpc) is 3.17. The molecular formula is C25H33ClN2O2. The molecule has 0 radical (unpaired) electrons. The maximum absolute atomic E-state index is 5.96. The van der Waals surface area contributed by atoms with Gasteiger partial charge in [-0.1, -0.05) is 51.0 Å². The molecule has 0 fully saturated rings. The second-order valence-corrected chi connectivity index (χ2v) is 7.32. The summed E-state index contributed by atoms with van der Waals surface area (Å²) in [6.45, 7) is 8.54. The molecule has 0 atom stereocenters. The summed E-state index contributed by atoms with van der Waals surface area (Å²) in [5.74, 6) is 1.53. The maximum Gasteiger partial charge on any atom is 0.220 e. The van der Waals surface area contributed by atoms with Crippen molar-refractivity contribution in [3.63, 3.8) is 0 Å². The van der Waals surface area contributed by atoms with Gasteiger partial charge in [0.25, 0.3) is 0 Å². The Bertz CT molecular complexity index is 849. The molecule has 0 saturated heterocycles. The summed E-state index contributed by atoms with van der Waals surface area (Å²) < 4.78 is 11.7. The summed E-state index contributed by atoms with van der Waals surface area (Å²) in [6, 6.07) is 15.9. The normalized spacial score (nSPS) is 11.3. The molecule has 162 valence electrons.